The highest BCUT2D eigenvalue weighted by molar-refractivity contribution is 5.94. The summed E-state index contributed by atoms with van der Waals surface area (Å²) in [6.45, 7) is 7.27. The molecule has 96 valence electrons. The van der Waals surface area contributed by atoms with Crippen LogP contribution < -0.4 is 10.6 Å². The summed E-state index contributed by atoms with van der Waals surface area (Å²) < 4.78 is 0. The molecule has 1 aliphatic rings. The molecule has 0 spiro atoms. The number of hydrogen-bond acceptors (Lipinski definition) is 3. The summed E-state index contributed by atoms with van der Waals surface area (Å²) in [7, 11) is 0. The molecule has 17 heavy (non-hydrogen) atoms. The van der Waals surface area contributed by atoms with Crippen molar-refractivity contribution < 1.29 is 14.4 Å². The van der Waals surface area contributed by atoms with Crippen molar-refractivity contribution in [2.24, 2.45) is 0 Å². The number of carbonyl (C=O) groups is 3. The Morgan fingerprint density at radius 3 is 2.59 bits per heavy atom. The predicted molar refractivity (Wildman–Crippen MR) is 62.1 cm³/mol. The summed E-state index contributed by atoms with van der Waals surface area (Å²) in [5.74, 6) is -0.669. The molecule has 0 aromatic heterocycles. The Morgan fingerprint density at radius 2 is 2.06 bits per heavy atom. The van der Waals surface area contributed by atoms with Crippen molar-refractivity contribution in [3.63, 3.8) is 0 Å². The molecule has 0 aromatic rings. The Bertz CT molecular complexity index is 352. The van der Waals surface area contributed by atoms with Crippen LogP contribution >= 0.6 is 0 Å². The molecule has 1 saturated heterocycles. The molecule has 3 amide bonds. The molecule has 0 bridgehead atoms. The summed E-state index contributed by atoms with van der Waals surface area (Å²) in [6.07, 6.45) is 0. The van der Waals surface area contributed by atoms with Gasteiger partial charge in [0.2, 0.25) is 17.7 Å². The summed E-state index contributed by atoms with van der Waals surface area (Å²) >= 11 is 0. The fourth-order valence-corrected chi connectivity index (χ4v) is 1.89. The average Bonchev–Trinajstić information content (AvgIpc) is 2.20. The minimum absolute atomic E-state index is 0.174. The van der Waals surface area contributed by atoms with Crippen molar-refractivity contribution in [1.82, 2.24) is 15.5 Å². The van der Waals surface area contributed by atoms with E-state index in [4.69, 9.17) is 0 Å². The van der Waals surface area contributed by atoms with E-state index in [9.17, 15) is 14.4 Å². The first-order valence-electron chi connectivity index (χ1n) is 5.63. The van der Waals surface area contributed by atoms with Crippen LogP contribution in [-0.2, 0) is 14.4 Å². The van der Waals surface area contributed by atoms with Gasteiger partial charge < -0.3 is 15.5 Å². The molecule has 6 heteroatoms. The smallest absolute Gasteiger partial charge is 0.245 e. The quantitative estimate of drug-likeness (QED) is 0.667. The maximum Gasteiger partial charge on any atom is 0.245 e. The Kier molecular flexibility index (Phi) is 3.75. The van der Waals surface area contributed by atoms with Crippen LogP contribution in [0.25, 0.3) is 0 Å². The van der Waals surface area contributed by atoms with Crippen LogP contribution in [0.1, 0.15) is 27.7 Å². The fraction of sp³-hybridized carbons (Fsp3) is 0.727. The van der Waals surface area contributed by atoms with Crippen LogP contribution in [0.3, 0.4) is 0 Å². The third-order valence-corrected chi connectivity index (χ3v) is 2.91. The van der Waals surface area contributed by atoms with Crippen molar-refractivity contribution in [2.45, 2.75) is 39.3 Å². The molecule has 2 N–H and O–H groups in total. The average molecular weight is 241 g/mol. The van der Waals surface area contributed by atoms with Crippen LogP contribution in [0.4, 0.5) is 0 Å². The van der Waals surface area contributed by atoms with Gasteiger partial charge in [0.25, 0.3) is 0 Å². The van der Waals surface area contributed by atoms with Crippen LogP contribution in [-0.4, -0.2) is 47.3 Å². The van der Waals surface area contributed by atoms with Crippen molar-refractivity contribution in [3.05, 3.63) is 0 Å². The highest BCUT2D eigenvalue weighted by atomic mass is 16.2. The van der Waals surface area contributed by atoms with Gasteiger partial charge in [-0.15, -0.1) is 0 Å². The zero-order chi connectivity index (χ0) is 13.2. The molecule has 0 saturated carbocycles. The van der Waals surface area contributed by atoms with E-state index in [2.05, 4.69) is 10.6 Å². The maximum absolute atomic E-state index is 12.1. The Hall–Kier alpha value is -1.59. The second kappa shape index (κ2) is 4.73. The molecule has 1 aliphatic heterocycles. The molecule has 0 aromatic carbocycles. The van der Waals surface area contributed by atoms with Gasteiger partial charge in [0.05, 0.1) is 0 Å². The molecule has 0 aliphatic carbocycles. The zero-order valence-corrected chi connectivity index (χ0v) is 10.7. The molecular weight excluding hydrogens is 222 g/mol. The van der Waals surface area contributed by atoms with Crippen molar-refractivity contribution in [1.29, 1.82) is 0 Å². The number of amides is 3. The first-order chi connectivity index (χ1) is 7.76. The van der Waals surface area contributed by atoms with E-state index in [1.807, 2.05) is 0 Å². The van der Waals surface area contributed by atoms with Gasteiger partial charge in [0, 0.05) is 20.0 Å². The van der Waals surface area contributed by atoms with Crippen LogP contribution in [0.5, 0.6) is 0 Å². The normalized spacial score (nSPS) is 20.5. The second-order valence-corrected chi connectivity index (χ2v) is 4.73. The molecule has 1 heterocycles. The first-order valence-corrected chi connectivity index (χ1v) is 5.63. The lowest BCUT2D eigenvalue weighted by atomic mass is 9.98. The van der Waals surface area contributed by atoms with Gasteiger partial charge in [-0.1, -0.05) is 0 Å². The van der Waals surface area contributed by atoms with Gasteiger partial charge in [-0.05, 0) is 20.8 Å². The van der Waals surface area contributed by atoms with E-state index in [1.54, 1.807) is 20.8 Å². The van der Waals surface area contributed by atoms with E-state index < -0.39 is 11.6 Å². The lowest BCUT2D eigenvalue weighted by Crippen LogP contribution is -2.65. The topological polar surface area (TPSA) is 78.5 Å². The molecule has 1 rings (SSSR count). The second-order valence-electron chi connectivity index (χ2n) is 4.73. The predicted octanol–water partition coefficient (Wildman–Crippen LogP) is -0.752. The Morgan fingerprint density at radius 1 is 1.47 bits per heavy atom. The molecule has 6 nitrogen and oxygen atoms in total. The fourth-order valence-electron chi connectivity index (χ4n) is 1.89. The maximum atomic E-state index is 12.1. The number of hydrogen-bond donors (Lipinski definition) is 2. The van der Waals surface area contributed by atoms with Crippen molar-refractivity contribution >= 4 is 17.7 Å². The number of nitrogens with zero attached hydrogens (tertiary/aromatic N) is 1. The lowest BCUT2D eigenvalue weighted by Gasteiger charge is -2.42. The van der Waals surface area contributed by atoms with Crippen LogP contribution in [0.2, 0.25) is 0 Å². The van der Waals surface area contributed by atoms with Gasteiger partial charge >= 0.3 is 0 Å². The van der Waals surface area contributed by atoms with Crippen LogP contribution in [0.15, 0.2) is 0 Å². The van der Waals surface area contributed by atoms with Gasteiger partial charge in [-0.3, -0.25) is 14.4 Å². The minimum atomic E-state index is -0.873. The third kappa shape index (κ3) is 2.75. The highest BCUT2D eigenvalue weighted by Gasteiger charge is 2.41. The number of nitrogens with one attached hydrogen (secondary N) is 2. The van der Waals surface area contributed by atoms with Crippen LogP contribution in [0, 0.1) is 0 Å². The minimum Gasteiger partial charge on any atom is -0.352 e. The standard InChI is InChI=1S/C11H19N3O3/c1-7(13-8(2)15)9(16)14-6-5-12-10(17)11(14,3)4/h7H,5-6H2,1-4H3,(H,12,17)(H,13,15). The van der Waals surface area contributed by atoms with E-state index in [0.717, 1.165) is 0 Å². The molecular formula is C11H19N3O3. The lowest BCUT2D eigenvalue weighted by molar-refractivity contribution is -0.150. The monoisotopic (exact) mass is 241 g/mol. The highest BCUT2D eigenvalue weighted by Crippen LogP contribution is 2.18. The van der Waals surface area contributed by atoms with E-state index in [-0.39, 0.29) is 17.7 Å². The van der Waals surface area contributed by atoms with E-state index in [0.29, 0.717) is 13.1 Å². The SMILES string of the molecule is CC(=O)NC(C)C(=O)N1CCNC(=O)C1(C)C. The number of piperazine rings is 1. The van der Waals surface area contributed by atoms with Gasteiger partial charge in [0.15, 0.2) is 0 Å². The molecule has 0 radical (unpaired) electrons. The van der Waals surface area contributed by atoms with E-state index in [1.165, 1.54) is 11.8 Å². The number of carbonyl (C=O) groups excluding carboxylic acids is 3. The summed E-state index contributed by atoms with van der Waals surface area (Å²) in [6, 6.07) is -0.613. The van der Waals surface area contributed by atoms with Gasteiger partial charge in [0.1, 0.15) is 11.6 Å². The van der Waals surface area contributed by atoms with Gasteiger partial charge in [-0.25, -0.2) is 0 Å². The number of rotatable bonds is 2. The summed E-state index contributed by atoms with van der Waals surface area (Å²) in [4.78, 5) is 36.2. The van der Waals surface area contributed by atoms with Crippen molar-refractivity contribution in [3.8, 4) is 0 Å². The van der Waals surface area contributed by atoms with E-state index >= 15 is 0 Å². The van der Waals surface area contributed by atoms with Crippen molar-refractivity contribution in [2.75, 3.05) is 13.1 Å². The molecule has 1 unspecified atom stereocenters. The first kappa shape index (κ1) is 13.5. The molecule has 1 fully saturated rings. The molecule has 1 atom stereocenters. The summed E-state index contributed by atoms with van der Waals surface area (Å²) in [5.41, 5.74) is -0.873. The zero-order valence-electron chi connectivity index (χ0n) is 10.7. The third-order valence-electron chi connectivity index (χ3n) is 2.91. The largest absolute Gasteiger partial charge is 0.352 e. The Balaban J connectivity index is 2.80. The summed E-state index contributed by atoms with van der Waals surface area (Å²) in [5, 5.41) is 5.25. The Labute approximate surface area is 101 Å². The van der Waals surface area contributed by atoms with Gasteiger partial charge in [-0.2, -0.15) is 0 Å².